The lowest BCUT2D eigenvalue weighted by Gasteiger charge is -2.27. The second kappa shape index (κ2) is 15.6. The largest absolute Gasteiger partial charge is 0.310 e. The highest BCUT2D eigenvalue weighted by Crippen LogP contribution is 2.42. The van der Waals surface area contributed by atoms with Crippen LogP contribution in [0.25, 0.3) is 44.3 Å². The molecule has 1 aromatic heterocycles. The average Bonchev–Trinajstić information content (AvgIpc) is 3.65. The standard InChI is InChI=1S/C58H41N3/c1-3-23-47(24-4-1)59(50-36-35-43-18-7-8-21-46(43)40-50)51-37-38-58-54(41-51)53-29-12-14-31-57(53)61(58)55-30-13-10-20-45(55)34-33-42-17-15-27-49(39-42)60(48-25-5-2-6-26-48)56-32-16-22-44-19-9-11-28-52(44)56/h1-6,8-17,19-32,35-41H,7,18H2. The van der Waals surface area contributed by atoms with Crippen LogP contribution in [0.5, 0.6) is 0 Å². The first-order chi connectivity index (χ1) is 30.3. The van der Waals surface area contributed by atoms with E-state index >= 15 is 0 Å². The first kappa shape index (κ1) is 36.1. The Hall–Kier alpha value is -8.06. The number of anilines is 6. The second-order valence-electron chi connectivity index (χ2n) is 15.5. The lowest BCUT2D eigenvalue weighted by atomic mass is 9.96. The zero-order chi connectivity index (χ0) is 40.5. The maximum atomic E-state index is 3.62. The molecule has 3 heteroatoms. The van der Waals surface area contributed by atoms with Crippen molar-refractivity contribution in [1.82, 2.24) is 4.57 Å². The number of hydrogen-bond donors (Lipinski definition) is 0. The number of fused-ring (bicyclic) bond motifs is 5. The number of benzene rings is 9. The number of nitrogens with zero attached hydrogens (tertiary/aromatic N) is 3. The van der Waals surface area contributed by atoms with Crippen LogP contribution in [-0.4, -0.2) is 4.57 Å². The van der Waals surface area contributed by atoms with E-state index in [0.29, 0.717) is 0 Å². The molecule has 0 unspecified atom stereocenters. The second-order valence-corrected chi connectivity index (χ2v) is 15.5. The zero-order valence-electron chi connectivity index (χ0n) is 33.6. The van der Waals surface area contributed by atoms with Crippen molar-refractivity contribution in [3.8, 4) is 17.5 Å². The third-order valence-corrected chi connectivity index (χ3v) is 11.8. The monoisotopic (exact) mass is 779 g/mol. The summed E-state index contributed by atoms with van der Waals surface area (Å²) in [5, 5.41) is 4.79. The van der Waals surface area contributed by atoms with Crippen molar-refractivity contribution in [1.29, 1.82) is 0 Å². The summed E-state index contributed by atoms with van der Waals surface area (Å²) in [6, 6.07) is 75.9. The quantitative estimate of drug-likeness (QED) is 0.149. The Balaban J connectivity index is 1.01. The molecule has 0 saturated carbocycles. The van der Waals surface area contributed by atoms with Crippen molar-refractivity contribution < 1.29 is 0 Å². The normalized spacial score (nSPS) is 11.9. The third-order valence-electron chi connectivity index (χ3n) is 11.8. The molecule has 3 nitrogen and oxygen atoms in total. The summed E-state index contributed by atoms with van der Waals surface area (Å²) in [5.74, 6) is 7.19. The minimum absolute atomic E-state index is 0.944. The fourth-order valence-corrected chi connectivity index (χ4v) is 8.98. The van der Waals surface area contributed by atoms with Crippen LogP contribution >= 0.6 is 0 Å². The van der Waals surface area contributed by atoms with Crippen molar-refractivity contribution in [2.75, 3.05) is 9.80 Å². The van der Waals surface area contributed by atoms with Gasteiger partial charge in [-0.1, -0.05) is 139 Å². The van der Waals surface area contributed by atoms with E-state index in [1.807, 2.05) is 0 Å². The van der Waals surface area contributed by atoms with Gasteiger partial charge in [0.25, 0.3) is 0 Å². The third kappa shape index (κ3) is 6.71. The van der Waals surface area contributed by atoms with Gasteiger partial charge in [0.1, 0.15) is 0 Å². The molecule has 61 heavy (non-hydrogen) atoms. The summed E-state index contributed by atoms with van der Waals surface area (Å²) in [7, 11) is 0. The Morgan fingerprint density at radius 3 is 1.93 bits per heavy atom. The molecule has 0 fully saturated rings. The summed E-state index contributed by atoms with van der Waals surface area (Å²) in [6.45, 7) is 0. The Bertz CT molecular complexity index is 3320. The van der Waals surface area contributed by atoms with Gasteiger partial charge in [0.2, 0.25) is 0 Å². The van der Waals surface area contributed by atoms with E-state index in [0.717, 1.165) is 74.8 Å². The SMILES string of the molecule is C(#Cc1ccccc1-n1c2ccccc2c2cc(N(c3ccccc3)c3ccc4c(c3)C=CCC4)ccc21)c1cccc(N(c2ccccc2)c2cccc3ccccc23)c1. The van der Waals surface area contributed by atoms with Gasteiger partial charge in [0, 0.05) is 55.7 Å². The lowest BCUT2D eigenvalue weighted by Crippen LogP contribution is -2.10. The minimum atomic E-state index is 0.944. The van der Waals surface area contributed by atoms with Crippen molar-refractivity contribution in [2.45, 2.75) is 12.8 Å². The zero-order valence-corrected chi connectivity index (χ0v) is 33.6. The number of aromatic nitrogens is 1. The fraction of sp³-hybridized carbons (Fsp3) is 0.0345. The molecule has 0 amide bonds. The molecule has 10 aromatic rings. The number of para-hydroxylation sites is 4. The summed E-state index contributed by atoms with van der Waals surface area (Å²) < 4.78 is 2.38. The first-order valence-corrected chi connectivity index (χ1v) is 21.0. The molecule has 1 aliphatic rings. The summed E-state index contributed by atoms with van der Waals surface area (Å²) >= 11 is 0. The fourth-order valence-electron chi connectivity index (χ4n) is 8.98. The van der Waals surface area contributed by atoms with E-state index in [1.54, 1.807) is 0 Å². The van der Waals surface area contributed by atoms with E-state index in [9.17, 15) is 0 Å². The van der Waals surface area contributed by atoms with Gasteiger partial charge in [-0.15, -0.1) is 0 Å². The predicted octanol–water partition coefficient (Wildman–Crippen LogP) is 15.2. The van der Waals surface area contributed by atoms with Crippen LogP contribution in [0, 0.1) is 11.8 Å². The van der Waals surface area contributed by atoms with Gasteiger partial charge < -0.3 is 14.4 Å². The first-order valence-electron chi connectivity index (χ1n) is 21.0. The number of rotatable bonds is 7. The summed E-state index contributed by atoms with van der Waals surface area (Å²) in [5.41, 5.74) is 14.6. The number of allylic oxidation sites excluding steroid dienone is 1. The molecular formula is C58H41N3. The van der Waals surface area contributed by atoms with Crippen LogP contribution in [-0.2, 0) is 6.42 Å². The number of aryl methyl sites for hydroxylation is 1. The van der Waals surface area contributed by atoms with Gasteiger partial charge in [-0.3, -0.25) is 0 Å². The van der Waals surface area contributed by atoms with Crippen LogP contribution in [0.4, 0.5) is 34.1 Å². The maximum Gasteiger partial charge on any atom is 0.0618 e. The Kier molecular flexibility index (Phi) is 9.22. The molecule has 0 N–H and O–H groups in total. The smallest absolute Gasteiger partial charge is 0.0618 e. The molecule has 0 aliphatic heterocycles. The van der Waals surface area contributed by atoms with E-state index in [4.69, 9.17) is 0 Å². The molecule has 0 radical (unpaired) electrons. The van der Waals surface area contributed by atoms with E-state index in [1.165, 1.54) is 32.7 Å². The Morgan fingerprint density at radius 1 is 0.426 bits per heavy atom. The molecule has 0 atom stereocenters. The molecule has 0 saturated heterocycles. The van der Waals surface area contributed by atoms with Gasteiger partial charge in [-0.25, -0.2) is 0 Å². The predicted molar refractivity (Wildman–Crippen MR) is 257 cm³/mol. The molecule has 0 spiro atoms. The van der Waals surface area contributed by atoms with Gasteiger partial charge >= 0.3 is 0 Å². The maximum absolute atomic E-state index is 3.62. The minimum Gasteiger partial charge on any atom is -0.310 e. The Morgan fingerprint density at radius 2 is 1.07 bits per heavy atom. The highest BCUT2D eigenvalue weighted by Gasteiger charge is 2.20. The summed E-state index contributed by atoms with van der Waals surface area (Å²) in [4.78, 5) is 4.70. The van der Waals surface area contributed by atoms with E-state index in [2.05, 4.69) is 251 Å². The molecule has 11 rings (SSSR count). The summed E-state index contributed by atoms with van der Waals surface area (Å²) in [6.07, 6.45) is 6.73. The number of hydrogen-bond acceptors (Lipinski definition) is 2. The average molecular weight is 780 g/mol. The molecule has 9 aromatic carbocycles. The molecule has 288 valence electrons. The van der Waals surface area contributed by atoms with Crippen molar-refractivity contribution in [3.05, 3.63) is 241 Å². The van der Waals surface area contributed by atoms with Crippen molar-refractivity contribution in [2.24, 2.45) is 0 Å². The Labute approximate surface area is 356 Å². The lowest BCUT2D eigenvalue weighted by molar-refractivity contribution is 0.985. The van der Waals surface area contributed by atoms with Crippen molar-refractivity contribution in [3.63, 3.8) is 0 Å². The van der Waals surface area contributed by atoms with Gasteiger partial charge in [-0.05, 0) is 126 Å². The van der Waals surface area contributed by atoms with Gasteiger partial charge in [0.15, 0.2) is 0 Å². The highest BCUT2D eigenvalue weighted by atomic mass is 15.1. The van der Waals surface area contributed by atoms with Gasteiger partial charge in [-0.2, -0.15) is 0 Å². The van der Waals surface area contributed by atoms with Crippen molar-refractivity contribution >= 4 is 72.8 Å². The van der Waals surface area contributed by atoms with E-state index < -0.39 is 0 Å². The molecular weight excluding hydrogens is 739 g/mol. The topological polar surface area (TPSA) is 11.4 Å². The molecule has 1 heterocycles. The van der Waals surface area contributed by atoms with Crippen LogP contribution in [0.2, 0.25) is 0 Å². The van der Waals surface area contributed by atoms with Crippen LogP contribution in [0.1, 0.15) is 28.7 Å². The van der Waals surface area contributed by atoms with Crippen LogP contribution < -0.4 is 9.80 Å². The molecule has 1 aliphatic carbocycles. The van der Waals surface area contributed by atoms with Crippen LogP contribution in [0.3, 0.4) is 0 Å². The van der Waals surface area contributed by atoms with Gasteiger partial charge in [0.05, 0.1) is 22.4 Å². The van der Waals surface area contributed by atoms with Crippen LogP contribution in [0.15, 0.2) is 218 Å². The van der Waals surface area contributed by atoms with E-state index in [-0.39, 0.29) is 0 Å². The highest BCUT2D eigenvalue weighted by molar-refractivity contribution is 6.11. The molecule has 0 bridgehead atoms.